The van der Waals surface area contributed by atoms with Crippen molar-refractivity contribution < 1.29 is 5.11 Å². The van der Waals surface area contributed by atoms with Crippen LogP contribution in [0.5, 0.6) is 0 Å². The smallest absolute Gasteiger partial charge is 0.124 e. The summed E-state index contributed by atoms with van der Waals surface area (Å²) in [5.74, 6) is 2.00. The van der Waals surface area contributed by atoms with Crippen molar-refractivity contribution in [2.75, 3.05) is 19.6 Å². The van der Waals surface area contributed by atoms with Gasteiger partial charge in [-0.2, -0.15) is 15.4 Å². The summed E-state index contributed by atoms with van der Waals surface area (Å²) in [7, 11) is 0. The lowest BCUT2D eigenvalue weighted by molar-refractivity contribution is 0.0375. The van der Waals surface area contributed by atoms with Gasteiger partial charge in [0, 0.05) is 19.6 Å². The van der Waals surface area contributed by atoms with Crippen LogP contribution in [0.4, 0.5) is 0 Å². The van der Waals surface area contributed by atoms with Crippen LogP contribution in [0.25, 0.3) is 0 Å². The summed E-state index contributed by atoms with van der Waals surface area (Å²) in [6.45, 7) is 11.8. The lowest BCUT2D eigenvalue weighted by Crippen LogP contribution is -2.36. The maximum atomic E-state index is 10.6. The summed E-state index contributed by atoms with van der Waals surface area (Å²) < 4.78 is 0. The van der Waals surface area contributed by atoms with E-state index in [1.807, 2.05) is 0 Å². The van der Waals surface area contributed by atoms with E-state index in [1.54, 1.807) is 6.20 Å². The lowest BCUT2D eigenvalue weighted by atomic mass is 9.85. The van der Waals surface area contributed by atoms with Crippen LogP contribution in [0.3, 0.4) is 0 Å². The monoisotopic (exact) mass is 266 g/mol. The molecule has 0 radical (unpaired) electrons. The van der Waals surface area contributed by atoms with Gasteiger partial charge in [-0.25, -0.2) is 0 Å². The van der Waals surface area contributed by atoms with Crippen LogP contribution >= 0.6 is 0 Å². The molecule has 1 aromatic heterocycles. The maximum Gasteiger partial charge on any atom is 0.124 e. The second-order valence-corrected chi connectivity index (χ2v) is 6.52. The second-order valence-electron chi connectivity index (χ2n) is 6.52. The number of rotatable bonds is 5. The molecule has 19 heavy (non-hydrogen) atoms. The van der Waals surface area contributed by atoms with Crippen molar-refractivity contribution in [3.63, 3.8) is 0 Å². The van der Waals surface area contributed by atoms with Gasteiger partial charge in [0.15, 0.2) is 0 Å². The summed E-state index contributed by atoms with van der Waals surface area (Å²) in [6.07, 6.45) is 2.37. The molecule has 2 heterocycles. The highest BCUT2D eigenvalue weighted by molar-refractivity contribution is 5.10. The normalized spacial score (nSPS) is 25.1. The zero-order valence-corrected chi connectivity index (χ0v) is 12.4. The number of hydrogen-bond donors (Lipinski definition) is 2. The number of aromatic amines is 1. The Morgan fingerprint density at radius 2 is 2.05 bits per heavy atom. The minimum absolute atomic E-state index is 0.662. The van der Waals surface area contributed by atoms with Gasteiger partial charge in [-0.1, -0.05) is 27.7 Å². The van der Waals surface area contributed by atoms with E-state index in [0.717, 1.165) is 19.5 Å². The molecule has 2 N–H and O–H groups in total. The van der Waals surface area contributed by atoms with Gasteiger partial charge < -0.3 is 5.11 Å². The van der Waals surface area contributed by atoms with Gasteiger partial charge in [-0.3, -0.25) is 4.90 Å². The number of aliphatic hydroxyl groups is 1. The molecular weight excluding hydrogens is 240 g/mol. The van der Waals surface area contributed by atoms with Crippen molar-refractivity contribution in [3.05, 3.63) is 11.9 Å². The Morgan fingerprint density at radius 1 is 1.37 bits per heavy atom. The van der Waals surface area contributed by atoms with Crippen LogP contribution in [0.15, 0.2) is 6.20 Å². The quantitative estimate of drug-likeness (QED) is 0.850. The van der Waals surface area contributed by atoms with Crippen molar-refractivity contribution in [2.24, 2.45) is 17.8 Å². The van der Waals surface area contributed by atoms with Crippen LogP contribution in [-0.2, 0) is 5.60 Å². The molecule has 0 spiro atoms. The second kappa shape index (κ2) is 5.59. The average molecular weight is 266 g/mol. The highest BCUT2D eigenvalue weighted by Gasteiger charge is 2.40. The Labute approximate surface area is 115 Å². The number of hydrogen-bond acceptors (Lipinski definition) is 4. The Kier molecular flexibility index (Phi) is 4.26. The molecule has 1 aliphatic rings. The summed E-state index contributed by atoms with van der Waals surface area (Å²) in [5.41, 5.74) is -0.161. The van der Waals surface area contributed by atoms with Crippen LogP contribution in [-0.4, -0.2) is 45.1 Å². The Morgan fingerprint density at radius 3 is 2.58 bits per heavy atom. The first-order valence-corrected chi connectivity index (χ1v) is 7.23. The zero-order valence-electron chi connectivity index (χ0n) is 12.4. The van der Waals surface area contributed by atoms with E-state index >= 15 is 0 Å². The number of nitrogens with one attached hydrogen (secondary N) is 1. The molecule has 1 atom stereocenters. The number of β-amino-alcohol motifs (C(OH)–C–C–N with tert-alkyl or cyclic N) is 1. The minimum Gasteiger partial charge on any atom is -0.382 e. The van der Waals surface area contributed by atoms with Gasteiger partial charge in [-0.05, 0) is 24.2 Å². The van der Waals surface area contributed by atoms with E-state index in [9.17, 15) is 5.11 Å². The summed E-state index contributed by atoms with van der Waals surface area (Å²) in [6, 6.07) is 0. The largest absolute Gasteiger partial charge is 0.382 e. The number of aromatic nitrogens is 3. The Balaban J connectivity index is 1.98. The average Bonchev–Trinajstić information content (AvgIpc) is 2.95. The topological polar surface area (TPSA) is 65.0 Å². The van der Waals surface area contributed by atoms with Gasteiger partial charge in [-0.15, -0.1) is 0 Å². The molecule has 108 valence electrons. The number of nitrogens with zero attached hydrogens (tertiary/aromatic N) is 3. The predicted molar refractivity (Wildman–Crippen MR) is 74.5 cm³/mol. The molecule has 1 unspecified atom stereocenters. The number of H-pyrrole nitrogens is 1. The standard InChI is InChI=1S/C14H26N4O/c1-10(2)12(11(3)4)8-18-6-5-14(19,9-18)13-7-15-17-16-13/h7,10-12,19H,5-6,8-9H2,1-4H3,(H,15,16,17). The van der Waals surface area contributed by atoms with Crippen molar-refractivity contribution in [2.45, 2.75) is 39.7 Å². The molecule has 5 heteroatoms. The summed E-state index contributed by atoms with van der Waals surface area (Å²) in [4.78, 5) is 2.36. The fraction of sp³-hybridized carbons (Fsp3) is 0.857. The van der Waals surface area contributed by atoms with E-state index < -0.39 is 5.60 Å². The van der Waals surface area contributed by atoms with Gasteiger partial charge in [0.05, 0.1) is 6.20 Å². The molecular formula is C14H26N4O. The molecule has 0 saturated carbocycles. The molecule has 1 aliphatic heterocycles. The number of likely N-dealkylation sites (tertiary alicyclic amines) is 1. The lowest BCUT2D eigenvalue weighted by Gasteiger charge is -2.30. The van der Waals surface area contributed by atoms with Gasteiger partial charge in [0.2, 0.25) is 0 Å². The first-order chi connectivity index (χ1) is 8.92. The fourth-order valence-corrected chi connectivity index (χ4v) is 3.15. The first-order valence-electron chi connectivity index (χ1n) is 7.23. The van der Waals surface area contributed by atoms with Crippen molar-refractivity contribution in [1.82, 2.24) is 20.3 Å². The van der Waals surface area contributed by atoms with E-state index in [1.165, 1.54) is 0 Å². The SMILES string of the molecule is CC(C)C(CN1CCC(O)(c2cn[nH]n2)C1)C(C)C. The van der Waals surface area contributed by atoms with E-state index in [0.29, 0.717) is 30.0 Å². The van der Waals surface area contributed by atoms with Gasteiger partial charge >= 0.3 is 0 Å². The molecule has 1 fully saturated rings. The highest BCUT2D eigenvalue weighted by Crippen LogP contribution is 2.32. The molecule has 0 bridgehead atoms. The Hall–Kier alpha value is -0.940. The van der Waals surface area contributed by atoms with Crippen LogP contribution < -0.4 is 0 Å². The van der Waals surface area contributed by atoms with Crippen LogP contribution in [0.2, 0.25) is 0 Å². The predicted octanol–water partition coefficient (Wildman–Crippen LogP) is 1.63. The van der Waals surface area contributed by atoms with Crippen molar-refractivity contribution in [1.29, 1.82) is 0 Å². The summed E-state index contributed by atoms with van der Waals surface area (Å²) in [5, 5.41) is 21.1. The van der Waals surface area contributed by atoms with Gasteiger partial charge in [0.25, 0.3) is 0 Å². The van der Waals surface area contributed by atoms with Crippen LogP contribution in [0, 0.1) is 17.8 Å². The van der Waals surface area contributed by atoms with Crippen molar-refractivity contribution in [3.8, 4) is 0 Å². The van der Waals surface area contributed by atoms with Crippen molar-refractivity contribution >= 4 is 0 Å². The summed E-state index contributed by atoms with van der Waals surface area (Å²) >= 11 is 0. The third-order valence-corrected chi connectivity index (χ3v) is 4.40. The fourth-order valence-electron chi connectivity index (χ4n) is 3.15. The molecule has 1 saturated heterocycles. The molecule has 2 rings (SSSR count). The molecule has 5 nitrogen and oxygen atoms in total. The molecule has 0 amide bonds. The molecule has 1 aromatic rings. The van der Waals surface area contributed by atoms with Crippen LogP contribution in [0.1, 0.15) is 39.8 Å². The maximum absolute atomic E-state index is 10.6. The molecule has 0 aliphatic carbocycles. The van der Waals surface area contributed by atoms with E-state index in [2.05, 4.69) is 48.0 Å². The third-order valence-electron chi connectivity index (χ3n) is 4.40. The van der Waals surface area contributed by atoms with Gasteiger partial charge in [0.1, 0.15) is 11.3 Å². The third kappa shape index (κ3) is 3.15. The van der Waals surface area contributed by atoms with E-state index in [4.69, 9.17) is 0 Å². The van der Waals surface area contributed by atoms with E-state index in [-0.39, 0.29) is 0 Å². The first kappa shape index (κ1) is 14.5. The minimum atomic E-state index is -0.828. The molecule has 0 aromatic carbocycles. The zero-order chi connectivity index (χ0) is 14.0. The highest BCUT2D eigenvalue weighted by atomic mass is 16.3. The Bertz CT molecular complexity index is 382.